The number of anilines is 1. The first-order chi connectivity index (χ1) is 12.9. The van der Waals surface area contributed by atoms with Crippen LogP contribution in [0.15, 0.2) is 48.5 Å². The van der Waals surface area contributed by atoms with Crippen molar-refractivity contribution in [2.45, 2.75) is 25.9 Å². The summed E-state index contributed by atoms with van der Waals surface area (Å²) < 4.78 is 10.2. The quantitative estimate of drug-likeness (QED) is 0.433. The lowest BCUT2D eigenvalue weighted by atomic mass is 10.1. The van der Waals surface area contributed by atoms with E-state index in [1.807, 2.05) is 12.1 Å². The topological polar surface area (TPSA) is 108 Å². The number of ether oxygens (including phenoxy) is 2. The van der Waals surface area contributed by atoms with Gasteiger partial charge in [0, 0.05) is 12.5 Å². The molecule has 0 spiro atoms. The van der Waals surface area contributed by atoms with Crippen molar-refractivity contribution < 1.29 is 24.0 Å². The van der Waals surface area contributed by atoms with Gasteiger partial charge in [-0.25, -0.2) is 0 Å². The van der Waals surface area contributed by atoms with Crippen molar-refractivity contribution in [1.29, 1.82) is 0 Å². The lowest BCUT2D eigenvalue weighted by Crippen LogP contribution is -2.30. The van der Waals surface area contributed by atoms with Gasteiger partial charge in [0.15, 0.2) is 6.10 Å². The number of hydrogen-bond donors (Lipinski definition) is 1. The Morgan fingerprint density at radius 3 is 2.44 bits per heavy atom. The molecule has 0 radical (unpaired) electrons. The molecule has 2 aromatic rings. The van der Waals surface area contributed by atoms with Gasteiger partial charge < -0.3 is 14.8 Å². The molecular weight excluding hydrogens is 352 g/mol. The zero-order valence-electron chi connectivity index (χ0n) is 15.0. The van der Waals surface area contributed by atoms with E-state index in [-0.39, 0.29) is 17.8 Å². The predicted molar refractivity (Wildman–Crippen MR) is 98.6 cm³/mol. The first-order valence-corrected chi connectivity index (χ1v) is 8.27. The number of rotatable bonds is 8. The summed E-state index contributed by atoms with van der Waals surface area (Å²) in [4.78, 5) is 34.5. The third kappa shape index (κ3) is 5.81. The molecule has 2 rings (SSSR count). The summed E-state index contributed by atoms with van der Waals surface area (Å²) >= 11 is 0. The minimum absolute atomic E-state index is 0.0497. The molecule has 8 heteroatoms. The number of carbonyl (C=O) groups excluding carboxylic acids is 2. The summed E-state index contributed by atoms with van der Waals surface area (Å²) in [7, 11) is 1.57. The average molecular weight is 372 g/mol. The van der Waals surface area contributed by atoms with Crippen molar-refractivity contribution in [2.75, 3.05) is 12.4 Å². The Morgan fingerprint density at radius 2 is 1.81 bits per heavy atom. The van der Waals surface area contributed by atoms with Crippen LogP contribution in [0.2, 0.25) is 0 Å². The number of amides is 1. The summed E-state index contributed by atoms with van der Waals surface area (Å²) in [6.07, 6.45) is -0.510. The molecule has 0 fully saturated rings. The number of nitro groups is 1. The van der Waals surface area contributed by atoms with Crippen LogP contribution in [0.4, 0.5) is 11.4 Å². The highest BCUT2D eigenvalue weighted by Gasteiger charge is 2.21. The summed E-state index contributed by atoms with van der Waals surface area (Å²) in [6, 6.07) is 13.0. The number of carbonyl (C=O) groups is 2. The highest BCUT2D eigenvalue weighted by molar-refractivity contribution is 5.96. The monoisotopic (exact) mass is 372 g/mol. The van der Waals surface area contributed by atoms with Gasteiger partial charge in [-0.2, -0.15) is 0 Å². The van der Waals surface area contributed by atoms with Gasteiger partial charge in [-0.1, -0.05) is 24.3 Å². The molecule has 0 aliphatic carbocycles. The van der Waals surface area contributed by atoms with E-state index in [1.54, 1.807) is 25.3 Å². The van der Waals surface area contributed by atoms with Gasteiger partial charge in [0.05, 0.1) is 12.0 Å². The van der Waals surface area contributed by atoms with E-state index >= 15 is 0 Å². The van der Waals surface area contributed by atoms with E-state index in [1.165, 1.54) is 25.1 Å². The third-order valence-electron chi connectivity index (χ3n) is 3.81. The minimum atomic E-state index is -1.08. The second-order valence-electron chi connectivity index (χ2n) is 5.74. The van der Waals surface area contributed by atoms with Gasteiger partial charge in [-0.3, -0.25) is 19.7 Å². The van der Waals surface area contributed by atoms with Crippen LogP contribution in [0.5, 0.6) is 5.75 Å². The van der Waals surface area contributed by atoms with Crippen LogP contribution in [-0.2, 0) is 20.7 Å². The molecule has 0 saturated heterocycles. The number of methoxy groups -OCH3 is 1. The molecule has 8 nitrogen and oxygen atoms in total. The SMILES string of the molecule is COc1ccc(CCC(=O)O[C@@H](C)C(=O)Nc2ccccc2[N+](=O)[O-])cc1. The van der Waals surface area contributed by atoms with Crippen LogP contribution < -0.4 is 10.1 Å². The summed E-state index contributed by atoms with van der Waals surface area (Å²) in [5, 5.41) is 13.4. The minimum Gasteiger partial charge on any atom is -0.497 e. The molecule has 0 aliphatic rings. The van der Waals surface area contributed by atoms with Crippen molar-refractivity contribution in [3.63, 3.8) is 0 Å². The largest absolute Gasteiger partial charge is 0.497 e. The fourth-order valence-corrected chi connectivity index (χ4v) is 2.32. The van der Waals surface area contributed by atoms with Crippen LogP contribution >= 0.6 is 0 Å². The first kappa shape index (κ1) is 19.9. The summed E-state index contributed by atoms with van der Waals surface area (Å²) in [5.41, 5.74) is 0.752. The Labute approximate surface area is 156 Å². The Bertz CT molecular complexity index is 819. The second kappa shape index (κ2) is 9.33. The molecule has 0 saturated carbocycles. The Morgan fingerprint density at radius 1 is 1.15 bits per heavy atom. The molecule has 1 amide bonds. The third-order valence-corrected chi connectivity index (χ3v) is 3.81. The second-order valence-corrected chi connectivity index (χ2v) is 5.74. The van der Waals surface area contributed by atoms with Crippen molar-refractivity contribution in [1.82, 2.24) is 0 Å². The molecule has 142 valence electrons. The Kier molecular flexibility index (Phi) is 6.87. The van der Waals surface area contributed by atoms with Crippen molar-refractivity contribution in [3.8, 4) is 5.75 Å². The van der Waals surface area contributed by atoms with Crippen molar-refractivity contribution >= 4 is 23.3 Å². The normalized spacial score (nSPS) is 11.3. The van der Waals surface area contributed by atoms with Crippen LogP contribution in [0, 0.1) is 10.1 Å². The number of esters is 1. The molecule has 1 N–H and O–H groups in total. The van der Waals surface area contributed by atoms with E-state index in [0.29, 0.717) is 6.42 Å². The maximum atomic E-state index is 12.1. The standard InChI is InChI=1S/C19H20N2O6/c1-13(19(23)20-16-5-3-4-6-17(16)21(24)25)27-18(22)12-9-14-7-10-15(26-2)11-8-14/h3-8,10-11,13H,9,12H2,1-2H3,(H,20,23)/t13-/m0/s1. The molecule has 0 heterocycles. The van der Waals surface area contributed by atoms with Crippen LogP contribution in [0.1, 0.15) is 18.9 Å². The molecule has 1 atom stereocenters. The molecular formula is C19H20N2O6. The number of aryl methyl sites for hydroxylation is 1. The zero-order chi connectivity index (χ0) is 19.8. The maximum Gasteiger partial charge on any atom is 0.306 e. The number of benzene rings is 2. The fourth-order valence-electron chi connectivity index (χ4n) is 2.32. The smallest absolute Gasteiger partial charge is 0.306 e. The molecule has 0 aromatic heterocycles. The number of nitro benzene ring substituents is 1. The van der Waals surface area contributed by atoms with E-state index < -0.39 is 22.9 Å². The van der Waals surface area contributed by atoms with E-state index in [4.69, 9.17) is 9.47 Å². The van der Waals surface area contributed by atoms with E-state index in [2.05, 4.69) is 5.32 Å². The Hall–Kier alpha value is -3.42. The molecule has 27 heavy (non-hydrogen) atoms. The fraction of sp³-hybridized carbons (Fsp3) is 0.263. The number of nitrogens with zero attached hydrogens (tertiary/aromatic N) is 1. The number of hydrogen-bond acceptors (Lipinski definition) is 6. The average Bonchev–Trinajstić information content (AvgIpc) is 2.67. The van der Waals surface area contributed by atoms with E-state index in [9.17, 15) is 19.7 Å². The molecule has 2 aromatic carbocycles. The van der Waals surface area contributed by atoms with Crippen LogP contribution in [-0.4, -0.2) is 30.0 Å². The molecule has 0 unspecified atom stereocenters. The lowest BCUT2D eigenvalue weighted by molar-refractivity contribution is -0.383. The number of nitrogens with one attached hydrogen (secondary N) is 1. The van der Waals surface area contributed by atoms with Gasteiger partial charge in [0.1, 0.15) is 11.4 Å². The first-order valence-electron chi connectivity index (χ1n) is 8.27. The summed E-state index contributed by atoms with van der Waals surface area (Å²) in [6.45, 7) is 1.41. The Balaban J connectivity index is 1.86. The van der Waals surface area contributed by atoms with Crippen LogP contribution in [0.25, 0.3) is 0 Å². The molecule has 0 aliphatic heterocycles. The predicted octanol–water partition coefficient (Wildman–Crippen LogP) is 3.11. The van der Waals surface area contributed by atoms with Gasteiger partial charge in [0.25, 0.3) is 11.6 Å². The van der Waals surface area contributed by atoms with Gasteiger partial charge in [-0.05, 0) is 37.1 Å². The summed E-state index contributed by atoms with van der Waals surface area (Å²) in [5.74, 6) is -0.445. The zero-order valence-corrected chi connectivity index (χ0v) is 15.0. The number of para-hydroxylation sites is 2. The van der Waals surface area contributed by atoms with E-state index in [0.717, 1.165) is 11.3 Å². The maximum absolute atomic E-state index is 12.1. The van der Waals surface area contributed by atoms with Gasteiger partial charge in [-0.15, -0.1) is 0 Å². The van der Waals surface area contributed by atoms with Crippen LogP contribution in [0.3, 0.4) is 0 Å². The van der Waals surface area contributed by atoms with Gasteiger partial charge >= 0.3 is 5.97 Å². The highest BCUT2D eigenvalue weighted by Crippen LogP contribution is 2.23. The highest BCUT2D eigenvalue weighted by atomic mass is 16.6. The van der Waals surface area contributed by atoms with Crippen molar-refractivity contribution in [2.24, 2.45) is 0 Å². The van der Waals surface area contributed by atoms with Crippen molar-refractivity contribution in [3.05, 3.63) is 64.2 Å². The lowest BCUT2D eigenvalue weighted by Gasteiger charge is -2.13. The van der Waals surface area contributed by atoms with Gasteiger partial charge in [0.2, 0.25) is 0 Å². The molecule has 0 bridgehead atoms.